The fourth-order valence-corrected chi connectivity index (χ4v) is 5.73. The molecule has 1 aliphatic rings. The molecule has 1 aromatic heterocycles. The van der Waals surface area contributed by atoms with Gasteiger partial charge in [0.15, 0.2) is 0 Å². The molecule has 8 heteroatoms. The van der Waals surface area contributed by atoms with E-state index in [2.05, 4.69) is 59.5 Å². The number of carbonyl (C=O) groups is 2. The molecule has 8 nitrogen and oxygen atoms in total. The van der Waals surface area contributed by atoms with Crippen LogP contribution in [0.25, 0.3) is 10.9 Å². The minimum atomic E-state index is -0.895. The second-order valence-corrected chi connectivity index (χ2v) is 14.3. The maximum atomic E-state index is 13.1. The zero-order chi connectivity index (χ0) is 31.7. The highest BCUT2D eigenvalue weighted by Crippen LogP contribution is 2.30. The number of rotatable bonds is 17. The molecule has 0 aliphatic heterocycles. The van der Waals surface area contributed by atoms with E-state index in [0.717, 1.165) is 26.0 Å². The standard InChI is InChI=1S/C35H57N3O5/c1-23(2)28(18-26-12-13-27-14-16-38(31(27)19-26)15-9-17-42-8)20-30(37-34(41)43-35(5,6)7)32(39)21-29(24(3)4)33(40)36-22-25-10-11-25/h12-14,16,19,23-25,28-30,32,39H,9-11,15,17-18,20-22H2,1-8H3,(H,36,40)(H,37,41)/t28-,29+,30+,32-/m1/s1. The molecular weight excluding hydrogens is 542 g/mol. The van der Waals surface area contributed by atoms with E-state index >= 15 is 0 Å². The first kappa shape index (κ1) is 34.9. The third-order valence-electron chi connectivity index (χ3n) is 8.65. The summed E-state index contributed by atoms with van der Waals surface area (Å²) in [6.45, 7) is 16.2. The molecule has 0 radical (unpaired) electrons. The molecule has 3 N–H and O–H groups in total. The summed E-state index contributed by atoms with van der Waals surface area (Å²) >= 11 is 0. The molecule has 0 unspecified atom stereocenters. The van der Waals surface area contributed by atoms with E-state index in [4.69, 9.17) is 9.47 Å². The van der Waals surface area contributed by atoms with Crippen LogP contribution in [0.3, 0.4) is 0 Å². The first-order valence-corrected chi connectivity index (χ1v) is 16.3. The lowest BCUT2D eigenvalue weighted by molar-refractivity contribution is -0.127. The summed E-state index contributed by atoms with van der Waals surface area (Å²) in [4.78, 5) is 26.1. The van der Waals surface area contributed by atoms with Crippen LogP contribution in [0.1, 0.15) is 86.1 Å². The zero-order valence-corrected chi connectivity index (χ0v) is 27.8. The van der Waals surface area contributed by atoms with E-state index in [1.807, 2.05) is 34.6 Å². The predicted octanol–water partition coefficient (Wildman–Crippen LogP) is 6.33. The molecule has 4 atom stereocenters. The van der Waals surface area contributed by atoms with Crippen molar-refractivity contribution in [3.63, 3.8) is 0 Å². The van der Waals surface area contributed by atoms with Crippen LogP contribution in [0.4, 0.5) is 4.79 Å². The number of carbonyl (C=O) groups excluding carboxylic acids is 2. The Bertz CT molecular complexity index is 1160. The molecule has 2 amide bonds. The third kappa shape index (κ3) is 11.5. The number of benzene rings is 1. The number of ether oxygens (including phenoxy) is 2. The van der Waals surface area contributed by atoms with Crippen molar-refractivity contribution < 1.29 is 24.2 Å². The number of nitrogens with zero attached hydrogens (tertiary/aromatic N) is 1. The molecule has 3 rings (SSSR count). The molecule has 1 saturated carbocycles. The van der Waals surface area contributed by atoms with Gasteiger partial charge in [0.25, 0.3) is 0 Å². The highest BCUT2D eigenvalue weighted by atomic mass is 16.6. The molecule has 1 heterocycles. The van der Waals surface area contributed by atoms with Gasteiger partial charge in [0.2, 0.25) is 5.91 Å². The number of amides is 2. The summed E-state index contributed by atoms with van der Waals surface area (Å²) < 4.78 is 13.1. The number of nitrogens with one attached hydrogen (secondary N) is 2. The van der Waals surface area contributed by atoms with Gasteiger partial charge < -0.3 is 29.8 Å². The quantitative estimate of drug-likeness (QED) is 0.185. The minimum absolute atomic E-state index is 0.0146. The van der Waals surface area contributed by atoms with E-state index in [9.17, 15) is 14.7 Å². The topological polar surface area (TPSA) is 102 Å². The fourth-order valence-electron chi connectivity index (χ4n) is 5.73. The van der Waals surface area contributed by atoms with Crippen LogP contribution < -0.4 is 10.6 Å². The Morgan fingerprint density at radius 2 is 1.79 bits per heavy atom. The highest BCUT2D eigenvalue weighted by Gasteiger charge is 2.34. The van der Waals surface area contributed by atoms with Crippen LogP contribution in [0.2, 0.25) is 0 Å². The van der Waals surface area contributed by atoms with Crippen molar-refractivity contribution in [3.8, 4) is 0 Å². The molecule has 0 bridgehead atoms. The summed E-state index contributed by atoms with van der Waals surface area (Å²) in [7, 11) is 1.73. The van der Waals surface area contributed by atoms with Crippen molar-refractivity contribution in [3.05, 3.63) is 36.0 Å². The number of methoxy groups -OCH3 is 1. The highest BCUT2D eigenvalue weighted by molar-refractivity contribution is 5.81. The zero-order valence-electron chi connectivity index (χ0n) is 27.8. The monoisotopic (exact) mass is 599 g/mol. The van der Waals surface area contributed by atoms with Crippen molar-refractivity contribution in [2.75, 3.05) is 20.3 Å². The fraction of sp³-hybridized carbons (Fsp3) is 0.714. The van der Waals surface area contributed by atoms with Gasteiger partial charge in [-0.2, -0.15) is 0 Å². The van der Waals surface area contributed by atoms with Gasteiger partial charge in [-0.15, -0.1) is 0 Å². The van der Waals surface area contributed by atoms with Crippen LogP contribution in [0.15, 0.2) is 30.5 Å². The molecule has 1 aromatic carbocycles. The Morgan fingerprint density at radius 3 is 2.40 bits per heavy atom. The van der Waals surface area contributed by atoms with Gasteiger partial charge in [-0.05, 0) is 106 Å². The van der Waals surface area contributed by atoms with E-state index in [1.54, 1.807) is 7.11 Å². The first-order chi connectivity index (χ1) is 20.3. The molecule has 242 valence electrons. The second kappa shape index (κ2) is 15.9. The van der Waals surface area contributed by atoms with Gasteiger partial charge in [-0.3, -0.25) is 4.79 Å². The smallest absolute Gasteiger partial charge is 0.407 e. The average Bonchev–Trinajstić information content (AvgIpc) is 3.67. The Kier molecular flexibility index (Phi) is 12.9. The summed E-state index contributed by atoms with van der Waals surface area (Å²) in [5.41, 5.74) is 1.77. The molecule has 43 heavy (non-hydrogen) atoms. The van der Waals surface area contributed by atoms with Crippen molar-refractivity contribution >= 4 is 22.9 Å². The molecule has 1 aliphatic carbocycles. The normalized spacial score (nSPS) is 16.7. The van der Waals surface area contributed by atoms with Crippen molar-refractivity contribution in [2.24, 2.45) is 29.6 Å². The van der Waals surface area contributed by atoms with Gasteiger partial charge in [0, 0.05) is 44.4 Å². The SMILES string of the molecule is COCCCn1ccc2ccc(C[C@H](C[C@H](NC(=O)OC(C)(C)C)[C@H](O)C[C@H](C(=O)NCC3CC3)C(C)C)C(C)C)cc21. The summed E-state index contributed by atoms with van der Waals surface area (Å²) in [5.74, 6) is 0.778. The van der Waals surface area contributed by atoms with E-state index in [-0.39, 0.29) is 30.1 Å². The number of aliphatic hydroxyl groups is 1. The third-order valence-corrected chi connectivity index (χ3v) is 8.65. The van der Waals surface area contributed by atoms with E-state index < -0.39 is 23.8 Å². The minimum Gasteiger partial charge on any atom is -0.444 e. The number of fused-ring (bicyclic) bond motifs is 1. The summed E-state index contributed by atoms with van der Waals surface area (Å²) in [5, 5.41) is 18.9. The van der Waals surface area contributed by atoms with Gasteiger partial charge in [-0.25, -0.2) is 4.79 Å². The Balaban J connectivity index is 1.79. The van der Waals surface area contributed by atoms with Crippen molar-refractivity contribution in [2.45, 2.75) is 111 Å². The van der Waals surface area contributed by atoms with E-state index in [0.29, 0.717) is 24.8 Å². The lowest BCUT2D eigenvalue weighted by atomic mass is 9.80. The second-order valence-electron chi connectivity index (χ2n) is 14.3. The number of aryl methyl sites for hydroxylation is 1. The predicted molar refractivity (Wildman–Crippen MR) is 173 cm³/mol. The number of aromatic nitrogens is 1. The van der Waals surface area contributed by atoms with Crippen LogP contribution in [0, 0.1) is 29.6 Å². The largest absolute Gasteiger partial charge is 0.444 e. The van der Waals surface area contributed by atoms with Crippen molar-refractivity contribution in [1.82, 2.24) is 15.2 Å². The van der Waals surface area contributed by atoms with Crippen LogP contribution in [-0.2, 0) is 27.2 Å². The van der Waals surface area contributed by atoms with Crippen LogP contribution >= 0.6 is 0 Å². The Labute approximate surface area is 259 Å². The maximum absolute atomic E-state index is 13.1. The van der Waals surface area contributed by atoms with Crippen LogP contribution in [-0.4, -0.2) is 59.7 Å². The summed E-state index contributed by atoms with van der Waals surface area (Å²) in [6, 6.07) is 8.22. The molecule has 0 saturated heterocycles. The number of alkyl carbamates (subject to hydrolysis) is 1. The number of aliphatic hydroxyl groups excluding tert-OH is 1. The average molecular weight is 600 g/mol. The van der Waals surface area contributed by atoms with Crippen molar-refractivity contribution in [1.29, 1.82) is 0 Å². The first-order valence-electron chi connectivity index (χ1n) is 16.3. The van der Waals surface area contributed by atoms with Gasteiger partial charge >= 0.3 is 6.09 Å². The maximum Gasteiger partial charge on any atom is 0.407 e. The molecule has 1 fully saturated rings. The van der Waals surface area contributed by atoms with Crippen LogP contribution in [0.5, 0.6) is 0 Å². The van der Waals surface area contributed by atoms with Gasteiger partial charge in [0.05, 0.1) is 12.1 Å². The number of hydrogen-bond donors (Lipinski definition) is 3. The Morgan fingerprint density at radius 1 is 1.07 bits per heavy atom. The Hall–Kier alpha value is -2.58. The van der Waals surface area contributed by atoms with Gasteiger partial charge in [-0.1, -0.05) is 39.8 Å². The molecule has 0 spiro atoms. The molecular formula is C35H57N3O5. The lowest BCUT2D eigenvalue weighted by Gasteiger charge is -2.33. The summed E-state index contributed by atoms with van der Waals surface area (Å²) in [6.07, 6.45) is 5.63. The van der Waals surface area contributed by atoms with E-state index in [1.165, 1.54) is 29.3 Å². The lowest BCUT2D eigenvalue weighted by Crippen LogP contribution is -2.48. The number of hydrogen-bond acceptors (Lipinski definition) is 5. The molecule has 2 aromatic rings. The van der Waals surface area contributed by atoms with Gasteiger partial charge in [0.1, 0.15) is 5.60 Å².